The van der Waals surface area contributed by atoms with Crippen molar-refractivity contribution in [2.45, 2.75) is 51.4 Å². The van der Waals surface area contributed by atoms with Gasteiger partial charge in [-0.25, -0.2) is 19.2 Å². The molecule has 1 aromatic carbocycles. The van der Waals surface area contributed by atoms with Crippen molar-refractivity contribution in [3.63, 3.8) is 0 Å². The number of benzene rings is 1. The summed E-state index contributed by atoms with van der Waals surface area (Å²) in [5.74, 6) is 0.0764. The number of nitrogens with zero attached hydrogens (tertiary/aromatic N) is 3. The fourth-order valence-corrected chi connectivity index (χ4v) is 4.00. The maximum Gasteiger partial charge on any atom is 0.318 e. The van der Waals surface area contributed by atoms with Crippen LogP contribution in [0.3, 0.4) is 0 Å². The van der Waals surface area contributed by atoms with E-state index in [0.717, 1.165) is 37.3 Å². The maximum absolute atomic E-state index is 13.6. The highest BCUT2D eigenvalue weighted by Gasteiger charge is 2.41. The Labute approximate surface area is 180 Å². The number of halogens is 2. The Morgan fingerprint density at radius 2 is 2.13 bits per heavy atom. The fraction of sp³-hybridized carbons (Fsp3) is 0.476. The molecule has 2 amide bonds. The lowest BCUT2D eigenvalue weighted by atomic mass is 9.97. The van der Waals surface area contributed by atoms with Gasteiger partial charge >= 0.3 is 6.03 Å². The van der Waals surface area contributed by atoms with E-state index in [4.69, 9.17) is 16.3 Å². The van der Waals surface area contributed by atoms with Gasteiger partial charge in [0.25, 0.3) is 0 Å². The van der Waals surface area contributed by atoms with Crippen molar-refractivity contribution in [1.29, 1.82) is 0 Å². The zero-order chi connectivity index (χ0) is 21.3. The molecule has 2 aliphatic rings. The number of urea groups is 1. The van der Waals surface area contributed by atoms with Crippen molar-refractivity contribution in [3.8, 4) is 0 Å². The Morgan fingerprint density at radius 3 is 2.87 bits per heavy atom. The Morgan fingerprint density at radius 1 is 1.37 bits per heavy atom. The molecule has 0 bridgehead atoms. The van der Waals surface area contributed by atoms with Crippen LogP contribution in [-0.4, -0.2) is 40.2 Å². The number of aromatic nitrogens is 2. The van der Waals surface area contributed by atoms with Crippen LogP contribution >= 0.6 is 11.6 Å². The molecular weight excluding hydrogens is 409 g/mol. The molecule has 1 aromatic heterocycles. The van der Waals surface area contributed by atoms with Gasteiger partial charge in [-0.3, -0.25) is 0 Å². The average molecular weight is 434 g/mol. The molecule has 1 saturated heterocycles. The Kier molecular flexibility index (Phi) is 5.79. The number of carbonyl (C=O) groups excluding carboxylic acids is 1. The van der Waals surface area contributed by atoms with Crippen molar-refractivity contribution in [2.24, 2.45) is 0 Å². The molecule has 1 fully saturated rings. The average Bonchev–Trinajstić information content (AvgIpc) is 2.99. The number of anilines is 1. The summed E-state index contributed by atoms with van der Waals surface area (Å²) in [6, 6.07) is 4.55. The van der Waals surface area contributed by atoms with E-state index in [9.17, 15) is 9.18 Å². The summed E-state index contributed by atoms with van der Waals surface area (Å²) in [6.07, 6.45) is 3.64. The molecule has 0 spiro atoms. The first-order valence-corrected chi connectivity index (χ1v) is 10.4. The summed E-state index contributed by atoms with van der Waals surface area (Å²) >= 11 is 5.72. The number of fused-ring (bicyclic) bond motifs is 1. The van der Waals surface area contributed by atoms with Crippen molar-refractivity contribution < 1.29 is 13.9 Å². The highest BCUT2D eigenvalue weighted by atomic mass is 35.5. The van der Waals surface area contributed by atoms with Crippen molar-refractivity contribution in [3.05, 3.63) is 52.1 Å². The molecule has 7 nitrogen and oxygen atoms in total. The number of ether oxygens (including phenoxy) is 1. The van der Waals surface area contributed by atoms with E-state index < -0.39 is 11.4 Å². The SMILES string of the molecule is CC1(C)c2cnc(NC3CCOCC3)nc2CN1C(=O)NCc1ccc(Cl)c(F)c1. The number of nitrogens with one attached hydrogen (secondary N) is 2. The monoisotopic (exact) mass is 433 g/mol. The summed E-state index contributed by atoms with van der Waals surface area (Å²) in [4.78, 5) is 23.7. The zero-order valence-electron chi connectivity index (χ0n) is 17.0. The van der Waals surface area contributed by atoms with Crippen molar-refractivity contribution in [2.75, 3.05) is 18.5 Å². The Bertz CT molecular complexity index is 949. The molecule has 160 valence electrons. The van der Waals surface area contributed by atoms with Crippen LogP contribution in [0.5, 0.6) is 0 Å². The third-order valence-electron chi connectivity index (χ3n) is 5.74. The van der Waals surface area contributed by atoms with E-state index >= 15 is 0 Å². The molecule has 2 aliphatic heterocycles. The van der Waals surface area contributed by atoms with E-state index in [2.05, 4.69) is 20.6 Å². The van der Waals surface area contributed by atoms with Crippen LogP contribution in [0.25, 0.3) is 0 Å². The van der Waals surface area contributed by atoms with Gasteiger partial charge in [-0.2, -0.15) is 0 Å². The Hall–Kier alpha value is -2.45. The second-order valence-corrected chi connectivity index (χ2v) is 8.54. The van der Waals surface area contributed by atoms with Crippen LogP contribution in [0, 0.1) is 5.82 Å². The van der Waals surface area contributed by atoms with Gasteiger partial charge in [0.2, 0.25) is 5.95 Å². The predicted octanol–water partition coefficient (Wildman–Crippen LogP) is 3.82. The molecule has 0 saturated carbocycles. The molecule has 2 N–H and O–H groups in total. The van der Waals surface area contributed by atoms with Gasteiger partial charge in [-0.05, 0) is 44.4 Å². The number of hydrogen-bond acceptors (Lipinski definition) is 5. The third kappa shape index (κ3) is 4.20. The van der Waals surface area contributed by atoms with E-state index in [0.29, 0.717) is 24.1 Å². The minimum atomic E-state index is -0.554. The molecule has 0 radical (unpaired) electrons. The first-order valence-electron chi connectivity index (χ1n) is 10.0. The standard InChI is InChI=1S/C21H25ClFN5O2/c1-21(2)15-11-24-19(26-14-5-7-30-8-6-14)27-18(15)12-28(21)20(29)25-10-13-3-4-16(22)17(23)9-13/h3-4,9,11,14H,5-8,10,12H2,1-2H3,(H,25,29)(H,24,26,27). The molecule has 9 heteroatoms. The highest BCUT2D eigenvalue weighted by Crippen LogP contribution is 2.37. The van der Waals surface area contributed by atoms with Crippen LogP contribution in [-0.2, 0) is 23.4 Å². The predicted molar refractivity (Wildman–Crippen MR) is 112 cm³/mol. The van der Waals surface area contributed by atoms with Crippen LogP contribution < -0.4 is 10.6 Å². The third-order valence-corrected chi connectivity index (χ3v) is 6.04. The summed E-state index contributed by atoms with van der Waals surface area (Å²) in [6.45, 7) is 6.00. The normalized spacial score (nSPS) is 18.2. The highest BCUT2D eigenvalue weighted by molar-refractivity contribution is 6.30. The molecule has 3 heterocycles. The Balaban J connectivity index is 1.43. The largest absolute Gasteiger partial charge is 0.381 e. The number of hydrogen-bond donors (Lipinski definition) is 2. The van der Waals surface area contributed by atoms with Crippen molar-refractivity contribution >= 4 is 23.6 Å². The van der Waals surface area contributed by atoms with Crippen LogP contribution in [0.15, 0.2) is 24.4 Å². The number of rotatable bonds is 4. The lowest BCUT2D eigenvalue weighted by Gasteiger charge is -2.32. The van der Waals surface area contributed by atoms with Crippen LogP contribution in [0.2, 0.25) is 5.02 Å². The van der Waals surface area contributed by atoms with Gasteiger partial charge in [-0.15, -0.1) is 0 Å². The topological polar surface area (TPSA) is 79.4 Å². The summed E-state index contributed by atoms with van der Waals surface area (Å²) < 4.78 is 19.0. The van der Waals surface area contributed by atoms with Gasteiger partial charge in [0.1, 0.15) is 5.82 Å². The van der Waals surface area contributed by atoms with Gasteiger partial charge in [0, 0.05) is 37.6 Å². The van der Waals surface area contributed by atoms with Crippen LogP contribution in [0.4, 0.5) is 15.1 Å². The van der Waals surface area contributed by atoms with Crippen molar-refractivity contribution in [1.82, 2.24) is 20.2 Å². The molecule has 30 heavy (non-hydrogen) atoms. The van der Waals surface area contributed by atoms with Gasteiger partial charge in [-0.1, -0.05) is 17.7 Å². The van der Waals surface area contributed by atoms with E-state index in [-0.39, 0.29) is 17.6 Å². The smallest absolute Gasteiger partial charge is 0.318 e. The minimum absolute atomic E-state index is 0.0601. The first-order chi connectivity index (χ1) is 14.3. The lowest BCUT2D eigenvalue weighted by molar-refractivity contribution is 0.0903. The van der Waals surface area contributed by atoms with E-state index in [1.54, 1.807) is 17.2 Å². The summed E-state index contributed by atoms with van der Waals surface area (Å²) in [5.41, 5.74) is 1.84. The first kappa shape index (κ1) is 20.8. The van der Waals surface area contributed by atoms with Crippen LogP contribution in [0.1, 0.15) is 43.5 Å². The van der Waals surface area contributed by atoms with Gasteiger partial charge in [0.05, 0.1) is 22.8 Å². The summed E-state index contributed by atoms with van der Waals surface area (Å²) in [7, 11) is 0. The summed E-state index contributed by atoms with van der Waals surface area (Å²) in [5, 5.41) is 6.29. The molecular formula is C21H25ClFN5O2. The van der Waals surface area contributed by atoms with E-state index in [1.165, 1.54) is 12.1 Å². The quantitative estimate of drug-likeness (QED) is 0.766. The molecule has 2 aromatic rings. The molecule has 0 atom stereocenters. The minimum Gasteiger partial charge on any atom is -0.381 e. The maximum atomic E-state index is 13.6. The molecule has 0 aliphatic carbocycles. The molecule has 4 rings (SSSR count). The van der Waals surface area contributed by atoms with Gasteiger partial charge in [0.15, 0.2) is 0 Å². The second kappa shape index (κ2) is 8.35. The molecule has 0 unspecified atom stereocenters. The fourth-order valence-electron chi connectivity index (χ4n) is 3.88. The number of amides is 2. The van der Waals surface area contributed by atoms with Gasteiger partial charge < -0.3 is 20.3 Å². The second-order valence-electron chi connectivity index (χ2n) is 8.14. The number of carbonyl (C=O) groups is 1. The van der Waals surface area contributed by atoms with E-state index in [1.807, 2.05) is 13.8 Å². The zero-order valence-corrected chi connectivity index (χ0v) is 17.8. The lowest BCUT2D eigenvalue weighted by Crippen LogP contribution is -2.45.